The zero-order valence-corrected chi connectivity index (χ0v) is 91.1. The van der Waals surface area contributed by atoms with Gasteiger partial charge in [-0.3, -0.25) is 0 Å². The minimum atomic E-state index is -4.87. The van der Waals surface area contributed by atoms with Crippen LogP contribution in [0.5, 0.6) is 0 Å². The van der Waals surface area contributed by atoms with Gasteiger partial charge in [0.2, 0.25) is 0 Å². The number of hydrogen-bond donors (Lipinski definition) is 0. The second-order valence-electron chi connectivity index (χ2n) is 35.0. The number of rotatable bonds is 36. The fraction of sp³-hybridized carbons (Fsp3) is 0.200. The molecule has 0 saturated carbocycles. The van der Waals surface area contributed by atoms with Gasteiger partial charge in [-0.1, -0.05) is 0 Å². The molecule has 0 atom stereocenters. The van der Waals surface area contributed by atoms with Gasteiger partial charge in [-0.05, 0) is 0 Å². The van der Waals surface area contributed by atoms with Crippen molar-refractivity contribution in [2.45, 2.75) is 111 Å². The van der Waals surface area contributed by atoms with Gasteiger partial charge in [0.15, 0.2) is 0 Å². The normalized spacial score (nSPS) is 12.4. The van der Waals surface area contributed by atoms with Gasteiger partial charge < -0.3 is 0 Å². The number of halogens is 3. The number of nitrogens with zero attached hydrogens (tertiary/aromatic N) is 12. The van der Waals surface area contributed by atoms with Crippen molar-refractivity contribution in [1.29, 1.82) is 0 Å². The molecule has 16 rings (SSSR count). The predicted molar refractivity (Wildman–Crippen MR) is 622 cm³/mol. The van der Waals surface area contributed by atoms with Crippen LogP contribution in [0.4, 0.5) is 91.0 Å². The summed E-state index contributed by atoms with van der Waals surface area (Å²) >= 11 is 13.3. The topological polar surface area (TPSA) is 38.9 Å². The van der Waals surface area contributed by atoms with E-state index in [4.69, 9.17) is 31.0 Å². The Labute approximate surface area is 853 Å². The van der Waals surface area contributed by atoms with Gasteiger partial charge in [0.05, 0.1) is 0 Å². The Kier molecular flexibility index (Phi) is 34.0. The molecule has 0 aromatic heterocycles. The monoisotopic (exact) mass is 2120 g/mol. The van der Waals surface area contributed by atoms with Gasteiger partial charge in [0, 0.05) is 0 Å². The molecule has 0 saturated heterocycles. The van der Waals surface area contributed by atoms with E-state index < -0.39 is 16.7 Å². The molecule has 0 unspecified atom stereocenters. The zero-order valence-electron chi connectivity index (χ0n) is 83.1. The average molecular weight is 2130 g/mol. The third-order valence-corrected chi connectivity index (χ3v) is 55.9. The summed E-state index contributed by atoms with van der Waals surface area (Å²) < 4.78 is 31.8. The molecule has 0 heterocycles. The van der Waals surface area contributed by atoms with E-state index in [1.165, 1.54) is 0 Å². The molecule has 16 aromatic rings. The molecule has 712 valence electrons. The fourth-order valence-corrected chi connectivity index (χ4v) is 52.7. The summed E-state index contributed by atoms with van der Waals surface area (Å²) in [5.41, 5.74) is 25.6. The Hall–Kier alpha value is -11.3. The van der Waals surface area contributed by atoms with Crippen molar-refractivity contribution in [2.24, 2.45) is 0 Å². The molecule has 16 aromatic carbocycles. The van der Waals surface area contributed by atoms with Crippen LogP contribution in [0.3, 0.4) is 0 Å². The van der Waals surface area contributed by atoms with Crippen molar-refractivity contribution in [2.75, 3.05) is 89.7 Å². The molecular formula is C120H136Br2IN12P3. The minimum absolute atomic E-state index is 1.00. The van der Waals surface area contributed by atoms with Gasteiger partial charge in [-0.2, -0.15) is 0 Å². The summed E-state index contributed by atoms with van der Waals surface area (Å²) in [4.78, 5) is -2.52. The zero-order chi connectivity index (χ0) is 97.7. The van der Waals surface area contributed by atoms with Crippen molar-refractivity contribution in [1.82, 2.24) is 18.7 Å². The average Bonchev–Trinajstić information content (AvgIpc) is 0.654. The van der Waals surface area contributed by atoms with Crippen LogP contribution in [0.2, 0.25) is 0 Å². The van der Waals surface area contributed by atoms with Crippen LogP contribution < -0.4 is 37.4 Å². The Bertz CT molecular complexity index is 5460. The third kappa shape index (κ3) is 20.0. The molecule has 0 aliphatic carbocycles. The van der Waals surface area contributed by atoms with Crippen molar-refractivity contribution in [3.05, 3.63) is 481 Å². The number of aryl methyl sites for hydroxylation is 8. The van der Waals surface area contributed by atoms with E-state index in [-0.39, 0.29) is 0 Å². The van der Waals surface area contributed by atoms with Crippen molar-refractivity contribution in [3.63, 3.8) is 0 Å². The van der Waals surface area contributed by atoms with E-state index in [9.17, 15) is 0 Å². The summed E-state index contributed by atoms with van der Waals surface area (Å²) in [5.74, 6) is -9.54. The van der Waals surface area contributed by atoms with Gasteiger partial charge in [0.25, 0.3) is 0 Å². The first-order valence-electron chi connectivity index (χ1n) is 48.5. The first-order valence-corrected chi connectivity index (χ1v) is 61.5. The van der Waals surface area contributed by atoms with Crippen LogP contribution in [-0.2, 0) is 0 Å². The van der Waals surface area contributed by atoms with E-state index in [0.29, 0.717) is 0 Å². The quantitative estimate of drug-likeness (QED) is 0.0277. The first kappa shape index (κ1) is 103. The SMILES string of the molecule is BrP(N(c1ccccc1)c1ccccc1)(N(c1ccccc1)c1ccccc1)(N(c1ccccc1)c1ccccc1)N(c1ccccc1)c1ccccc1.CCN(CC)P(I)(N(CC)CC)(N(CC)CC)N(CC)CC.Cc1cccc(N(c2cccc(C)c2)P(Br)(N(c2cccc(C)c2)c2cccc(C)c2)(N(c2cccc(C)c2)c2cccc(C)c2)N(c2cccc(C)c2)c2cccc(C)c2)c1. The molecule has 0 amide bonds. The summed E-state index contributed by atoms with van der Waals surface area (Å²) in [7, 11) is 0. The molecule has 18 heteroatoms. The van der Waals surface area contributed by atoms with Gasteiger partial charge in [-0.25, -0.2) is 0 Å². The van der Waals surface area contributed by atoms with Crippen molar-refractivity contribution < 1.29 is 0 Å². The van der Waals surface area contributed by atoms with Gasteiger partial charge in [-0.15, -0.1) is 0 Å². The summed E-state index contributed by atoms with van der Waals surface area (Å²) in [5, 5.41) is 0. The molecular weight excluding hydrogens is 1990 g/mol. The van der Waals surface area contributed by atoms with Crippen LogP contribution in [0.1, 0.15) is 99.9 Å². The maximum atomic E-state index is 5.28. The van der Waals surface area contributed by atoms with Gasteiger partial charge >= 0.3 is 861 Å². The second-order valence-corrected chi connectivity index (χ2v) is 58.3. The number of benzene rings is 16. The molecule has 0 fully saturated rings. The van der Waals surface area contributed by atoms with Crippen LogP contribution in [0.25, 0.3) is 0 Å². The van der Waals surface area contributed by atoms with Crippen LogP contribution in [-0.4, -0.2) is 71.0 Å². The second kappa shape index (κ2) is 45.8. The Morgan fingerprint density at radius 3 is 0.362 bits per heavy atom. The maximum absolute atomic E-state index is 5.28. The number of hydrogen-bond acceptors (Lipinski definition) is 12. The van der Waals surface area contributed by atoms with E-state index in [2.05, 4.69) is 626 Å². The first-order chi connectivity index (χ1) is 66.9. The van der Waals surface area contributed by atoms with E-state index in [0.717, 1.165) is 188 Å². The molecule has 138 heavy (non-hydrogen) atoms. The molecule has 12 nitrogen and oxygen atoms in total. The molecule has 0 radical (unpaired) electrons. The Balaban J connectivity index is 0.000000183. The fourth-order valence-electron chi connectivity index (χ4n) is 20.0. The van der Waals surface area contributed by atoms with Crippen LogP contribution in [0, 0.1) is 55.4 Å². The molecule has 0 N–H and O–H groups in total. The Morgan fingerprint density at radius 1 is 0.159 bits per heavy atom. The number of anilines is 16. The summed E-state index contributed by atoms with van der Waals surface area (Å²) in [6, 6.07) is 158. The molecule has 0 aliphatic rings. The molecule has 0 spiro atoms. The molecule has 0 aliphatic heterocycles. The third-order valence-electron chi connectivity index (χ3n) is 25.6. The predicted octanol–water partition coefficient (Wildman–Crippen LogP) is 37.1. The Morgan fingerprint density at radius 2 is 0.261 bits per heavy atom. The summed E-state index contributed by atoms with van der Waals surface area (Å²) in [6.45, 7) is 44.9. The van der Waals surface area contributed by atoms with Crippen LogP contribution >= 0.6 is 69.7 Å². The van der Waals surface area contributed by atoms with Crippen molar-refractivity contribution in [3.8, 4) is 0 Å². The molecule has 0 bridgehead atoms. The number of para-hydroxylation sites is 8. The van der Waals surface area contributed by atoms with Crippen LogP contribution in [0.15, 0.2) is 437 Å². The van der Waals surface area contributed by atoms with E-state index in [1.807, 2.05) is 0 Å². The standard InChI is InChI=1S/C56H56BrN4P.C48H40BrN4P.C16H40IN4P/c1-41-17-9-25-49(33-41)58(50-26-10-18-42(2)34-50)62(57,59(51-27-11-19-43(3)35-51)52-28-12-20-44(4)36-52,60(53-29-13-21-45(5)37-53)54-30-14-22-46(6)38-54)61(55-31-15-23-47(7)39-55)56-32-16-24-48(8)40-56;49-54(50(41-25-9-1-10-26-41)42-27-11-2-12-28-42,51(43-29-13-3-14-30-43)44-31-15-4-16-32-44,52(45-33-17-5-18-34-45)46-35-19-6-20-36-46)53(47-37-21-7-22-38-47)48-39-23-8-24-40-48;1-9-18(10-2)22(17,19(11-3)12-4,20(13-5)14-6)21(15-7)16-8/h9-40H,1-8H3;1-40H;9-16H2,1-8H3. The summed E-state index contributed by atoms with van der Waals surface area (Å²) in [6.07, 6.45) is 0. The van der Waals surface area contributed by atoms with Gasteiger partial charge in [0.1, 0.15) is 0 Å². The van der Waals surface area contributed by atoms with Crippen molar-refractivity contribution >= 4 is 161 Å². The van der Waals surface area contributed by atoms with E-state index >= 15 is 0 Å². The van der Waals surface area contributed by atoms with E-state index in [1.54, 1.807) is 0 Å².